The van der Waals surface area contributed by atoms with Gasteiger partial charge >= 0.3 is 0 Å². The molecule has 0 radical (unpaired) electrons. The van der Waals surface area contributed by atoms with E-state index in [-0.39, 0.29) is 11.4 Å². The van der Waals surface area contributed by atoms with Crippen LogP contribution < -0.4 is 10.6 Å². The third-order valence-electron chi connectivity index (χ3n) is 3.49. The highest BCUT2D eigenvalue weighted by Gasteiger charge is 2.15. The molecule has 0 aliphatic carbocycles. The molecule has 3 rings (SSSR count). The summed E-state index contributed by atoms with van der Waals surface area (Å²) >= 11 is 1.08. The van der Waals surface area contributed by atoms with Crippen molar-refractivity contribution in [2.75, 3.05) is 10.6 Å². The van der Waals surface area contributed by atoms with Crippen LogP contribution in [0.5, 0.6) is 0 Å². The van der Waals surface area contributed by atoms with E-state index in [9.17, 15) is 19.7 Å². The first kappa shape index (κ1) is 17.4. The van der Waals surface area contributed by atoms with E-state index >= 15 is 0 Å². The Morgan fingerprint density at radius 2 is 1.92 bits per heavy atom. The SMILES string of the molecule is Cc1ccc([N+](=O)[O-])cc1NC(=O)c1ccc(NC(=O)c2ccco2)s1. The molecule has 9 heteroatoms. The molecular formula is C17H13N3O5S. The third kappa shape index (κ3) is 3.78. The number of carbonyl (C=O) groups is 2. The highest BCUT2D eigenvalue weighted by molar-refractivity contribution is 7.18. The molecule has 0 bridgehead atoms. The van der Waals surface area contributed by atoms with Gasteiger partial charge in [-0.15, -0.1) is 11.3 Å². The fraction of sp³-hybridized carbons (Fsp3) is 0.0588. The minimum absolute atomic E-state index is 0.108. The maximum Gasteiger partial charge on any atom is 0.291 e. The summed E-state index contributed by atoms with van der Waals surface area (Å²) in [6.07, 6.45) is 1.39. The molecule has 3 aromatic rings. The van der Waals surface area contributed by atoms with Crippen LogP contribution >= 0.6 is 11.3 Å². The van der Waals surface area contributed by atoms with Crippen molar-refractivity contribution in [3.8, 4) is 0 Å². The number of furan rings is 1. The number of nitro groups is 1. The lowest BCUT2D eigenvalue weighted by atomic mass is 10.2. The zero-order chi connectivity index (χ0) is 18.7. The molecule has 0 fully saturated rings. The summed E-state index contributed by atoms with van der Waals surface area (Å²) in [5.74, 6) is -0.674. The topological polar surface area (TPSA) is 114 Å². The maximum absolute atomic E-state index is 12.4. The van der Waals surface area contributed by atoms with Crippen LogP contribution in [0.3, 0.4) is 0 Å². The highest BCUT2D eigenvalue weighted by Crippen LogP contribution is 2.26. The number of anilines is 2. The molecule has 0 unspecified atom stereocenters. The average Bonchev–Trinajstić information content (AvgIpc) is 3.28. The molecule has 2 heterocycles. The lowest BCUT2D eigenvalue weighted by Crippen LogP contribution is -2.11. The van der Waals surface area contributed by atoms with Crippen LogP contribution in [0.4, 0.5) is 16.4 Å². The molecule has 2 aromatic heterocycles. The van der Waals surface area contributed by atoms with Gasteiger partial charge in [-0.25, -0.2) is 0 Å². The number of non-ortho nitro benzene ring substituents is 1. The highest BCUT2D eigenvalue weighted by atomic mass is 32.1. The number of hydrogen-bond donors (Lipinski definition) is 2. The number of aryl methyl sites for hydroxylation is 1. The summed E-state index contributed by atoms with van der Waals surface area (Å²) in [4.78, 5) is 35.0. The summed E-state index contributed by atoms with van der Waals surface area (Å²) in [6, 6.07) is 10.5. The summed E-state index contributed by atoms with van der Waals surface area (Å²) < 4.78 is 5.00. The molecule has 26 heavy (non-hydrogen) atoms. The van der Waals surface area contributed by atoms with Gasteiger partial charge in [-0.2, -0.15) is 0 Å². The number of amides is 2. The minimum atomic E-state index is -0.525. The van der Waals surface area contributed by atoms with E-state index in [4.69, 9.17) is 4.42 Å². The quantitative estimate of drug-likeness (QED) is 0.518. The van der Waals surface area contributed by atoms with Crippen molar-refractivity contribution in [3.05, 3.63) is 75.0 Å². The minimum Gasteiger partial charge on any atom is -0.459 e. The van der Waals surface area contributed by atoms with Gasteiger partial charge in [0.1, 0.15) is 0 Å². The van der Waals surface area contributed by atoms with E-state index in [1.807, 2.05) is 0 Å². The van der Waals surface area contributed by atoms with Gasteiger partial charge in [-0.05, 0) is 36.8 Å². The fourth-order valence-corrected chi connectivity index (χ4v) is 2.95. The first-order chi connectivity index (χ1) is 12.4. The van der Waals surface area contributed by atoms with Crippen molar-refractivity contribution in [2.24, 2.45) is 0 Å². The zero-order valence-corrected chi connectivity index (χ0v) is 14.3. The first-order valence-corrected chi connectivity index (χ1v) is 8.27. The second-order valence-electron chi connectivity index (χ2n) is 5.31. The third-order valence-corrected chi connectivity index (χ3v) is 4.49. The van der Waals surface area contributed by atoms with Crippen LogP contribution in [0, 0.1) is 17.0 Å². The monoisotopic (exact) mass is 371 g/mol. The van der Waals surface area contributed by atoms with Crippen molar-refractivity contribution in [1.82, 2.24) is 0 Å². The Balaban J connectivity index is 1.71. The van der Waals surface area contributed by atoms with Crippen molar-refractivity contribution < 1.29 is 18.9 Å². The Kier molecular flexibility index (Phi) is 4.81. The van der Waals surface area contributed by atoms with Gasteiger partial charge in [0.05, 0.1) is 26.8 Å². The van der Waals surface area contributed by atoms with E-state index in [0.29, 0.717) is 21.1 Å². The van der Waals surface area contributed by atoms with Crippen LogP contribution in [-0.4, -0.2) is 16.7 Å². The van der Waals surface area contributed by atoms with Crippen molar-refractivity contribution in [2.45, 2.75) is 6.92 Å². The van der Waals surface area contributed by atoms with Gasteiger partial charge in [0.15, 0.2) is 5.76 Å². The fourth-order valence-electron chi connectivity index (χ4n) is 2.15. The van der Waals surface area contributed by atoms with E-state index in [1.165, 1.54) is 24.5 Å². The summed E-state index contributed by atoms with van der Waals surface area (Å²) in [6.45, 7) is 1.74. The Morgan fingerprint density at radius 1 is 1.12 bits per heavy atom. The van der Waals surface area contributed by atoms with Crippen LogP contribution in [0.1, 0.15) is 25.8 Å². The molecule has 2 amide bonds. The number of hydrogen-bond acceptors (Lipinski definition) is 6. The van der Waals surface area contributed by atoms with E-state index in [2.05, 4.69) is 10.6 Å². The zero-order valence-electron chi connectivity index (χ0n) is 13.5. The Hall–Kier alpha value is -3.46. The number of thiophene rings is 1. The van der Waals surface area contributed by atoms with Crippen molar-refractivity contribution in [3.63, 3.8) is 0 Å². The average molecular weight is 371 g/mol. The van der Waals surface area contributed by atoms with Crippen LogP contribution in [0.15, 0.2) is 53.1 Å². The van der Waals surface area contributed by atoms with E-state index in [0.717, 1.165) is 11.3 Å². The van der Waals surface area contributed by atoms with Gasteiger partial charge in [-0.1, -0.05) is 6.07 Å². The van der Waals surface area contributed by atoms with Crippen LogP contribution in [-0.2, 0) is 0 Å². The predicted molar refractivity (Wildman–Crippen MR) is 96.8 cm³/mol. The molecule has 8 nitrogen and oxygen atoms in total. The van der Waals surface area contributed by atoms with Crippen LogP contribution in [0.25, 0.3) is 0 Å². The Morgan fingerprint density at radius 3 is 2.62 bits per heavy atom. The Labute approximate surface area is 151 Å². The maximum atomic E-state index is 12.4. The molecule has 0 saturated carbocycles. The molecule has 0 saturated heterocycles. The van der Waals surface area contributed by atoms with Gasteiger partial charge < -0.3 is 15.1 Å². The molecule has 0 aliphatic heterocycles. The number of nitrogens with one attached hydrogen (secondary N) is 2. The van der Waals surface area contributed by atoms with Gasteiger partial charge in [-0.3, -0.25) is 19.7 Å². The number of benzene rings is 1. The summed E-state index contributed by atoms with van der Waals surface area (Å²) in [7, 11) is 0. The molecule has 0 spiro atoms. The smallest absolute Gasteiger partial charge is 0.291 e. The van der Waals surface area contributed by atoms with Crippen LogP contribution in [0.2, 0.25) is 0 Å². The lowest BCUT2D eigenvalue weighted by Gasteiger charge is -2.07. The molecule has 0 atom stereocenters. The number of rotatable bonds is 5. The Bertz CT molecular complexity index is 978. The largest absolute Gasteiger partial charge is 0.459 e. The van der Waals surface area contributed by atoms with Gasteiger partial charge in [0.2, 0.25) is 0 Å². The van der Waals surface area contributed by atoms with E-state index < -0.39 is 16.7 Å². The number of carbonyl (C=O) groups excluding carboxylic acids is 2. The summed E-state index contributed by atoms with van der Waals surface area (Å²) in [5, 5.41) is 16.6. The first-order valence-electron chi connectivity index (χ1n) is 7.45. The van der Waals surface area contributed by atoms with Gasteiger partial charge in [0, 0.05) is 12.1 Å². The molecule has 132 valence electrons. The van der Waals surface area contributed by atoms with E-state index in [1.54, 1.807) is 31.2 Å². The number of nitro benzene ring substituents is 1. The molecule has 0 aliphatic rings. The standard InChI is InChI=1S/C17H13N3O5S/c1-10-4-5-11(20(23)24)9-12(10)18-17(22)14-6-7-15(26-14)19-16(21)13-3-2-8-25-13/h2-9H,1H3,(H,18,22)(H,19,21). The lowest BCUT2D eigenvalue weighted by molar-refractivity contribution is -0.384. The normalized spacial score (nSPS) is 10.3. The predicted octanol–water partition coefficient (Wildman–Crippen LogP) is 4.06. The second-order valence-corrected chi connectivity index (χ2v) is 6.39. The van der Waals surface area contributed by atoms with Gasteiger partial charge in [0.25, 0.3) is 17.5 Å². The van der Waals surface area contributed by atoms with Crippen molar-refractivity contribution in [1.29, 1.82) is 0 Å². The second kappa shape index (κ2) is 7.19. The number of nitrogens with zero attached hydrogens (tertiary/aromatic N) is 1. The molecular weight excluding hydrogens is 358 g/mol. The molecule has 2 N–H and O–H groups in total. The summed E-state index contributed by atoms with van der Waals surface area (Å²) in [5.41, 5.74) is 0.953. The van der Waals surface area contributed by atoms with Crippen molar-refractivity contribution >= 4 is 39.5 Å². The molecule has 1 aromatic carbocycles.